The molecule has 1 aliphatic rings. The van der Waals surface area contributed by atoms with Gasteiger partial charge in [-0.05, 0) is 65.1 Å². The Morgan fingerprint density at radius 3 is 2.34 bits per heavy atom. The van der Waals surface area contributed by atoms with Crippen LogP contribution in [0.2, 0.25) is 5.02 Å². The summed E-state index contributed by atoms with van der Waals surface area (Å²) in [6.07, 6.45) is 0.598. The molecule has 0 spiro atoms. The van der Waals surface area contributed by atoms with Gasteiger partial charge < -0.3 is 4.74 Å². The van der Waals surface area contributed by atoms with Crippen LogP contribution in [0.5, 0.6) is 11.5 Å². The van der Waals surface area contributed by atoms with E-state index in [1.807, 2.05) is 30.3 Å². The SMILES string of the molecule is O=C(CN1C(c2ccccc2)CCO[P+]1=O)N(O)c1ccc(Oc2ccc(Cl)cc2)cc1. The zero-order valence-electron chi connectivity index (χ0n) is 17.0. The standard InChI is InChI=1S/C23H21ClN2O5P/c24-18-6-10-20(11-7-18)31-21-12-8-19(9-13-21)26(28)23(27)16-25-22(14-15-30-32(25)29)17-4-2-1-3-5-17/h1-13,22,28H,14-16H2/q+1. The number of hydrogen-bond donors (Lipinski definition) is 1. The normalized spacial score (nSPS) is 17.7. The Morgan fingerprint density at radius 2 is 1.69 bits per heavy atom. The molecule has 2 unspecified atom stereocenters. The van der Waals surface area contributed by atoms with Crippen molar-refractivity contribution in [3.63, 3.8) is 0 Å². The van der Waals surface area contributed by atoms with Gasteiger partial charge in [0.15, 0.2) is 0 Å². The van der Waals surface area contributed by atoms with Crippen molar-refractivity contribution in [3.8, 4) is 11.5 Å². The summed E-state index contributed by atoms with van der Waals surface area (Å²) in [7, 11) is -2.18. The molecular formula is C23H21ClN2O5P+. The molecule has 0 aromatic heterocycles. The fraction of sp³-hybridized carbons (Fsp3) is 0.174. The molecule has 1 heterocycles. The largest absolute Gasteiger partial charge is 0.616 e. The molecule has 9 heteroatoms. The second-order valence-corrected chi connectivity index (χ2v) is 8.82. The van der Waals surface area contributed by atoms with Crippen LogP contribution in [-0.4, -0.2) is 28.9 Å². The Hall–Kier alpha value is -2.80. The summed E-state index contributed by atoms with van der Waals surface area (Å²) in [5.74, 6) is 0.527. The van der Waals surface area contributed by atoms with Gasteiger partial charge in [0.1, 0.15) is 24.7 Å². The molecule has 164 valence electrons. The third-order valence-corrected chi connectivity index (χ3v) is 6.51. The lowest BCUT2D eigenvalue weighted by molar-refractivity contribution is -0.124. The monoisotopic (exact) mass is 471 g/mol. The molecule has 1 fully saturated rings. The summed E-state index contributed by atoms with van der Waals surface area (Å²) in [5.41, 5.74) is 1.21. The topological polar surface area (TPSA) is 79.3 Å². The maximum absolute atomic E-state index is 12.7. The quantitative estimate of drug-likeness (QED) is 0.271. The van der Waals surface area contributed by atoms with Crippen molar-refractivity contribution in [2.45, 2.75) is 12.5 Å². The second kappa shape index (κ2) is 10.2. The number of hydrogen-bond acceptors (Lipinski definition) is 5. The van der Waals surface area contributed by atoms with E-state index in [9.17, 15) is 14.6 Å². The van der Waals surface area contributed by atoms with Crippen LogP contribution in [0, 0.1) is 0 Å². The Bertz CT molecular complexity index is 1080. The fourth-order valence-corrected chi connectivity index (χ4v) is 4.65. The second-order valence-electron chi connectivity index (χ2n) is 7.14. The number of rotatable bonds is 6. The fourth-order valence-electron chi connectivity index (χ4n) is 3.40. The number of anilines is 1. The van der Waals surface area contributed by atoms with Gasteiger partial charge in [-0.15, -0.1) is 4.52 Å². The minimum atomic E-state index is -2.18. The van der Waals surface area contributed by atoms with Crippen molar-refractivity contribution in [2.75, 3.05) is 18.2 Å². The van der Waals surface area contributed by atoms with Crippen LogP contribution in [0.3, 0.4) is 0 Å². The average molecular weight is 472 g/mol. The van der Waals surface area contributed by atoms with E-state index in [0.29, 0.717) is 34.6 Å². The first-order valence-electron chi connectivity index (χ1n) is 9.98. The minimum Gasteiger partial charge on any atom is -0.457 e. The van der Waals surface area contributed by atoms with Gasteiger partial charge in [0.2, 0.25) is 0 Å². The predicted molar refractivity (Wildman–Crippen MR) is 121 cm³/mol. The predicted octanol–water partition coefficient (Wildman–Crippen LogP) is 5.98. The smallest absolute Gasteiger partial charge is 0.457 e. The molecule has 4 rings (SSSR count). The summed E-state index contributed by atoms with van der Waals surface area (Å²) >= 11 is 5.87. The van der Waals surface area contributed by atoms with E-state index < -0.39 is 14.1 Å². The number of halogens is 1. The van der Waals surface area contributed by atoms with Crippen molar-refractivity contribution >= 4 is 31.4 Å². The lowest BCUT2D eigenvalue weighted by Gasteiger charge is -2.26. The highest BCUT2D eigenvalue weighted by atomic mass is 35.5. The molecular weight excluding hydrogens is 451 g/mol. The first-order valence-corrected chi connectivity index (χ1v) is 11.5. The minimum absolute atomic E-state index is 0.235. The number of benzene rings is 3. The van der Waals surface area contributed by atoms with E-state index >= 15 is 0 Å². The Morgan fingerprint density at radius 1 is 1.06 bits per heavy atom. The van der Waals surface area contributed by atoms with E-state index in [2.05, 4.69) is 0 Å². The number of carbonyl (C=O) groups excluding carboxylic acids is 1. The molecule has 7 nitrogen and oxygen atoms in total. The summed E-state index contributed by atoms with van der Waals surface area (Å²) in [6, 6.07) is 22.6. The summed E-state index contributed by atoms with van der Waals surface area (Å²) in [6.45, 7) is 0.0890. The Kier molecular flexibility index (Phi) is 7.15. The maximum Gasteiger partial charge on any atom is 0.616 e. The molecule has 32 heavy (non-hydrogen) atoms. The molecule has 0 aliphatic carbocycles. The van der Waals surface area contributed by atoms with E-state index in [1.165, 1.54) is 4.67 Å². The molecule has 2 atom stereocenters. The van der Waals surface area contributed by atoms with Crippen LogP contribution in [-0.2, 0) is 13.9 Å². The molecule has 1 N–H and O–H groups in total. The third-order valence-electron chi connectivity index (χ3n) is 5.01. The van der Waals surface area contributed by atoms with E-state index in [0.717, 1.165) is 5.56 Å². The van der Waals surface area contributed by atoms with Gasteiger partial charge in [-0.3, -0.25) is 10.0 Å². The summed E-state index contributed by atoms with van der Waals surface area (Å²) < 4.78 is 25.0. The van der Waals surface area contributed by atoms with Gasteiger partial charge in [-0.2, -0.15) is 5.06 Å². The van der Waals surface area contributed by atoms with Gasteiger partial charge in [-0.1, -0.05) is 46.6 Å². The van der Waals surface area contributed by atoms with Gasteiger partial charge in [0.25, 0.3) is 5.91 Å². The third kappa shape index (κ3) is 5.33. The molecule has 0 bridgehead atoms. The molecule has 1 saturated heterocycles. The number of amides is 1. The van der Waals surface area contributed by atoms with Crippen LogP contribution < -0.4 is 9.80 Å². The van der Waals surface area contributed by atoms with Crippen molar-refractivity contribution in [3.05, 3.63) is 89.4 Å². The van der Waals surface area contributed by atoms with Crippen LogP contribution >= 0.6 is 19.8 Å². The molecule has 1 amide bonds. The first kappa shape index (κ1) is 22.4. The summed E-state index contributed by atoms with van der Waals surface area (Å²) in [5, 5.41) is 11.6. The maximum atomic E-state index is 12.7. The highest BCUT2D eigenvalue weighted by Gasteiger charge is 2.44. The van der Waals surface area contributed by atoms with Crippen LogP contribution in [0.1, 0.15) is 18.0 Å². The van der Waals surface area contributed by atoms with Crippen LogP contribution in [0.25, 0.3) is 0 Å². The van der Waals surface area contributed by atoms with Gasteiger partial charge in [-0.25, -0.2) is 0 Å². The first-order chi connectivity index (χ1) is 15.5. The highest BCUT2D eigenvalue weighted by Crippen LogP contribution is 2.43. The van der Waals surface area contributed by atoms with Crippen LogP contribution in [0.15, 0.2) is 78.9 Å². The van der Waals surface area contributed by atoms with Gasteiger partial charge >= 0.3 is 8.18 Å². The van der Waals surface area contributed by atoms with E-state index in [-0.39, 0.29) is 18.3 Å². The Balaban J connectivity index is 1.43. The molecule has 0 saturated carbocycles. The number of carbonyl (C=O) groups is 1. The van der Waals surface area contributed by atoms with Crippen LogP contribution in [0.4, 0.5) is 5.69 Å². The van der Waals surface area contributed by atoms with Crippen molar-refractivity contribution in [1.29, 1.82) is 0 Å². The lowest BCUT2D eigenvalue weighted by Crippen LogP contribution is -2.39. The number of ether oxygens (including phenoxy) is 1. The molecule has 3 aromatic rings. The van der Waals surface area contributed by atoms with E-state index in [4.69, 9.17) is 20.9 Å². The lowest BCUT2D eigenvalue weighted by atomic mass is 10.0. The van der Waals surface area contributed by atoms with Crippen molar-refractivity contribution < 1.29 is 23.8 Å². The van der Waals surface area contributed by atoms with Crippen molar-refractivity contribution in [2.24, 2.45) is 0 Å². The zero-order chi connectivity index (χ0) is 22.5. The number of nitrogens with zero attached hydrogens (tertiary/aromatic N) is 2. The molecule has 0 radical (unpaired) electrons. The van der Waals surface area contributed by atoms with Gasteiger partial charge in [0, 0.05) is 5.02 Å². The van der Waals surface area contributed by atoms with Crippen molar-refractivity contribution in [1.82, 2.24) is 4.67 Å². The summed E-state index contributed by atoms with van der Waals surface area (Å²) in [4.78, 5) is 12.7. The molecule has 3 aromatic carbocycles. The Labute approximate surface area is 191 Å². The average Bonchev–Trinajstić information content (AvgIpc) is 2.82. The highest BCUT2D eigenvalue weighted by molar-refractivity contribution is 7.36. The zero-order valence-corrected chi connectivity index (χ0v) is 18.7. The molecule has 1 aliphatic heterocycles. The van der Waals surface area contributed by atoms with E-state index in [1.54, 1.807) is 48.5 Å². The van der Waals surface area contributed by atoms with Gasteiger partial charge in [0.05, 0.1) is 11.7 Å². The number of hydroxylamine groups is 1.